The van der Waals surface area contributed by atoms with Gasteiger partial charge in [-0.25, -0.2) is 0 Å². The van der Waals surface area contributed by atoms with E-state index in [0.29, 0.717) is 10.8 Å². The molecule has 2 aliphatic rings. The van der Waals surface area contributed by atoms with Crippen molar-refractivity contribution in [1.29, 1.82) is 0 Å². The second-order valence-corrected chi connectivity index (χ2v) is 7.97. The average Bonchev–Trinajstić information content (AvgIpc) is 2.46. The van der Waals surface area contributed by atoms with Crippen molar-refractivity contribution < 1.29 is 0 Å². The van der Waals surface area contributed by atoms with E-state index in [9.17, 15) is 0 Å². The highest BCUT2D eigenvalue weighted by molar-refractivity contribution is 4.77. The van der Waals surface area contributed by atoms with Gasteiger partial charge in [-0.15, -0.1) is 0 Å². The lowest BCUT2D eigenvalue weighted by molar-refractivity contribution is 0.143. The fraction of sp³-hybridized carbons (Fsp3) is 1.00. The highest BCUT2D eigenvalue weighted by atomic mass is 15.1. The molecule has 136 valence electrons. The Bertz CT molecular complexity index is 236. The van der Waals surface area contributed by atoms with E-state index in [0.717, 1.165) is 0 Å². The summed E-state index contributed by atoms with van der Waals surface area (Å²) < 4.78 is 0. The second kappa shape index (κ2) is 12.4. The second-order valence-electron chi connectivity index (χ2n) is 7.97. The fourth-order valence-corrected chi connectivity index (χ4v) is 2.94. The standard InChI is InChI=1S/2C8H17N.2C2H6/c1-8(2)4-6-9(3)7-5-8;1-8(2)5-4-6-9(3)7-8;2*1-2/h2*4-7H2,1-3H3;2*1-2H3. The van der Waals surface area contributed by atoms with Gasteiger partial charge >= 0.3 is 0 Å². The van der Waals surface area contributed by atoms with Gasteiger partial charge in [0, 0.05) is 6.54 Å². The van der Waals surface area contributed by atoms with Gasteiger partial charge in [-0.3, -0.25) is 0 Å². The summed E-state index contributed by atoms with van der Waals surface area (Å²) in [6.45, 7) is 22.6. The van der Waals surface area contributed by atoms with Gasteiger partial charge in [-0.1, -0.05) is 55.4 Å². The molecule has 2 heteroatoms. The highest BCUT2D eigenvalue weighted by Gasteiger charge is 2.23. The zero-order valence-corrected chi connectivity index (χ0v) is 17.6. The molecule has 0 aliphatic carbocycles. The molecule has 2 nitrogen and oxygen atoms in total. The lowest BCUT2D eigenvalue weighted by Crippen LogP contribution is -2.37. The maximum absolute atomic E-state index is 2.42. The molecule has 0 spiro atoms. The molecule has 0 aromatic heterocycles. The van der Waals surface area contributed by atoms with E-state index in [1.54, 1.807) is 0 Å². The molecule has 2 aliphatic heterocycles. The van der Waals surface area contributed by atoms with Crippen molar-refractivity contribution in [3.63, 3.8) is 0 Å². The van der Waals surface area contributed by atoms with Crippen LogP contribution < -0.4 is 0 Å². The lowest BCUT2D eigenvalue weighted by atomic mass is 9.83. The molecule has 2 saturated heterocycles. The van der Waals surface area contributed by atoms with Crippen molar-refractivity contribution in [1.82, 2.24) is 9.80 Å². The van der Waals surface area contributed by atoms with E-state index < -0.39 is 0 Å². The van der Waals surface area contributed by atoms with Crippen molar-refractivity contribution in [2.45, 2.75) is 81.1 Å². The molecule has 2 fully saturated rings. The van der Waals surface area contributed by atoms with E-state index in [-0.39, 0.29) is 0 Å². The molecule has 0 aromatic carbocycles. The Morgan fingerprint density at radius 3 is 1.32 bits per heavy atom. The summed E-state index contributed by atoms with van der Waals surface area (Å²) in [6, 6.07) is 0. The average molecular weight is 315 g/mol. The van der Waals surface area contributed by atoms with Gasteiger partial charge in [0.15, 0.2) is 0 Å². The molecule has 0 radical (unpaired) electrons. The first-order valence-electron chi connectivity index (χ1n) is 9.57. The summed E-state index contributed by atoms with van der Waals surface area (Å²) in [6.07, 6.45) is 5.51. The molecule has 22 heavy (non-hydrogen) atoms. The monoisotopic (exact) mass is 314 g/mol. The molecular formula is C20H46N2. The summed E-state index contributed by atoms with van der Waals surface area (Å²) in [5.41, 5.74) is 1.19. The van der Waals surface area contributed by atoms with Gasteiger partial charge in [0.25, 0.3) is 0 Å². The summed E-state index contributed by atoms with van der Waals surface area (Å²) >= 11 is 0. The van der Waals surface area contributed by atoms with Crippen LogP contribution in [0.25, 0.3) is 0 Å². The maximum atomic E-state index is 2.42. The molecule has 0 unspecified atom stereocenters. The molecular weight excluding hydrogens is 268 g/mol. The van der Waals surface area contributed by atoms with Gasteiger partial charge in [0.05, 0.1) is 0 Å². The van der Waals surface area contributed by atoms with Gasteiger partial charge in [0.2, 0.25) is 0 Å². The number of hydrogen-bond acceptors (Lipinski definition) is 2. The summed E-state index contributed by atoms with van der Waals surface area (Å²) in [5.74, 6) is 0. The number of piperidine rings is 2. The third-order valence-electron chi connectivity index (χ3n) is 4.43. The molecule has 0 bridgehead atoms. The van der Waals surface area contributed by atoms with Crippen molar-refractivity contribution in [2.75, 3.05) is 40.3 Å². The molecule has 0 N–H and O–H groups in total. The molecule has 2 rings (SSSR count). The third-order valence-corrected chi connectivity index (χ3v) is 4.43. The lowest BCUT2D eigenvalue weighted by Gasteiger charge is -2.35. The maximum Gasteiger partial charge on any atom is 0.00296 e. The van der Waals surface area contributed by atoms with Crippen LogP contribution in [0.15, 0.2) is 0 Å². The Balaban J connectivity index is 0. The van der Waals surface area contributed by atoms with E-state index in [2.05, 4.69) is 51.6 Å². The van der Waals surface area contributed by atoms with E-state index in [1.807, 2.05) is 27.7 Å². The minimum absolute atomic E-state index is 0.576. The Kier molecular flexibility index (Phi) is 13.6. The van der Waals surface area contributed by atoms with E-state index >= 15 is 0 Å². The Hall–Kier alpha value is -0.0800. The van der Waals surface area contributed by atoms with Crippen LogP contribution in [0.1, 0.15) is 81.1 Å². The number of nitrogens with zero attached hydrogens (tertiary/aromatic N) is 2. The Morgan fingerprint density at radius 1 is 0.591 bits per heavy atom. The topological polar surface area (TPSA) is 6.48 Å². The van der Waals surface area contributed by atoms with Crippen molar-refractivity contribution in [3.8, 4) is 0 Å². The minimum atomic E-state index is 0.576. The van der Waals surface area contributed by atoms with Crippen LogP contribution in [0.3, 0.4) is 0 Å². The van der Waals surface area contributed by atoms with Crippen LogP contribution in [0, 0.1) is 10.8 Å². The summed E-state index contributed by atoms with van der Waals surface area (Å²) in [5, 5.41) is 0. The van der Waals surface area contributed by atoms with Gasteiger partial charge in [-0.2, -0.15) is 0 Å². The first-order chi connectivity index (χ1) is 10.2. The zero-order valence-electron chi connectivity index (χ0n) is 17.6. The molecule has 0 aromatic rings. The quantitative estimate of drug-likeness (QED) is 0.580. The van der Waals surface area contributed by atoms with E-state index in [4.69, 9.17) is 0 Å². The van der Waals surface area contributed by atoms with Crippen LogP contribution in [0.5, 0.6) is 0 Å². The largest absolute Gasteiger partial charge is 0.306 e. The molecule has 0 amide bonds. The molecule has 2 heterocycles. The molecule has 0 atom stereocenters. The minimum Gasteiger partial charge on any atom is -0.306 e. The van der Waals surface area contributed by atoms with Crippen LogP contribution in [0.4, 0.5) is 0 Å². The fourth-order valence-electron chi connectivity index (χ4n) is 2.94. The van der Waals surface area contributed by atoms with Crippen LogP contribution in [-0.4, -0.2) is 50.1 Å². The number of hydrogen-bond donors (Lipinski definition) is 0. The van der Waals surface area contributed by atoms with E-state index in [1.165, 1.54) is 51.9 Å². The Labute approximate surface area is 142 Å². The first-order valence-corrected chi connectivity index (χ1v) is 9.57. The normalized spacial score (nSPS) is 23.7. The number of likely N-dealkylation sites (tertiary alicyclic amines) is 2. The van der Waals surface area contributed by atoms with Gasteiger partial charge < -0.3 is 9.80 Å². The van der Waals surface area contributed by atoms with Crippen LogP contribution >= 0.6 is 0 Å². The summed E-state index contributed by atoms with van der Waals surface area (Å²) in [4.78, 5) is 4.83. The van der Waals surface area contributed by atoms with Gasteiger partial charge in [0.1, 0.15) is 0 Å². The summed E-state index contributed by atoms with van der Waals surface area (Å²) in [7, 11) is 4.41. The van der Waals surface area contributed by atoms with Crippen molar-refractivity contribution in [3.05, 3.63) is 0 Å². The van der Waals surface area contributed by atoms with Gasteiger partial charge in [-0.05, 0) is 70.2 Å². The smallest absolute Gasteiger partial charge is 0.00296 e. The van der Waals surface area contributed by atoms with Crippen LogP contribution in [-0.2, 0) is 0 Å². The van der Waals surface area contributed by atoms with Crippen molar-refractivity contribution >= 4 is 0 Å². The SMILES string of the molecule is CC.CC.CN1CCC(C)(C)CC1.CN1CCCC(C)(C)C1. The third kappa shape index (κ3) is 12.5. The predicted molar refractivity (Wildman–Crippen MR) is 104 cm³/mol. The predicted octanol–water partition coefficient (Wildman–Crippen LogP) is 5.53. The highest BCUT2D eigenvalue weighted by Crippen LogP contribution is 2.28. The molecule has 0 saturated carbocycles. The van der Waals surface area contributed by atoms with Crippen LogP contribution in [0.2, 0.25) is 0 Å². The zero-order chi connectivity index (χ0) is 17.8. The first kappa shape index (κ1) is 24.2. The van der Waals surface area contributed by atoms with Crippen molar-refractivity contribution in [2.24, 2.45) is 10.8 Å². The Morgan fingerprint density at radius 2 is 1.05 bits per heavy atom. The number of rotatable bonds is 0.